The van der Waals surface area contributed by atoms with E-state index < -0.39 is 74.6 Å². The highest BCUT2D eigenvalue weighted by molar-refractivity contribution is 9.10. The number of carbonyl (C=O) groups is 1. The molecule has 1 fully saturated rings. The Labute approximate surface area is 405 Å². The van der Waals surface area contributed by atoms with Gasteiger partial charge in [-0.15, -0.1) is 5.10 Å². The molecule has 1 aliphatic rings. The lowest BCUT2D eigenvalue weighted by Crippen LogP contribution is -2.58. The van der Waals surface area contributed by atoms with E-state index in [9.17, 15) is 51.3 Å². The molecule has 1 aliphatic heterocycles. The fraction of sp³-hybridized carbons (Fsp3) is 0.386. The minimum absolute atomic E-state index is 0.00440. The Kier molecular flexibility index (Phi) is 17.1. The summed E-state index contributed by atoms with van der Waals surface area (Å²) in [5.41, 5.74) is 4.23. The van der Waals surface area contributed by atoms with Gasteiger partial charge in [-0.3, -0.25) is 23.8 Å². The first-order chi connectivity index (χ1) is 32.6. The third kappa shape index (κ3) is 13.2. The van der Waals surface area contributed by atoms with Gasteiger partial charge < -0.3 is 39.6 Å². The second kappa shape index (κ2) is 22.4. The predicted octanol–water partition coefficient (Wildman–Crippen LogP) is 3.32. The average Bonchev–Trinajstić information content (AvgIpc) is 3.75. The zero-order chi connectivity index (χ0) is 50.3. The Morgan fingerprint density at radius 3 is 2.38 bits per heavy atom. The summed E-state index contributed by atoms with van der Waals surface area (Å²) in [5.74, 6) is 0.462. The number of hydrogen-bond acceptors (Lipinski definition) is 17. The van der Waals surface area contributed by atoms with Gasteiger partial charge in [-0.25, -0.2) is 9.07 Å². The summed E-state index contributed by atoms with van der Waals surface area (Å²) in [6.07, 6.45) is -1.11. The maximum atomic E-state index is 15.2. The first-order valence-corrected chi connectivity index (χ1v) is 24.7. The van der Waals surface area contributed by atoms with Gasteiger partial charge in [0.05, 0.1) is 35.9 Å². The van der Waals surface area contributed by atoms with Gasteiger partial charge in [-0.05, 0) is 82.8 Å². The third-order valence-corrected chi connectivity index (χ3v) is 14.9. The Hall–Kier alpha value is -5.66. The van der Waals surface area contributed by atoms with Crippen LogP contribution in [0.3, 0.4) is 0 Å². The summed E-state index contributed by atoms with van der Waals surface area (Å²) < 4.78 is 103. The number of likely N-dealkylation sites (N-methyl/N-ethyl adjacent to an activating group) is 1. The van der Waals surface area contributed by atoms with Gasteiger partial charge in [0, 0.05) is 49.2 Å². The summed E-state index contributed by atoms with van der Waals surface area (Å²) in [7, 11) is -8.96. The van der Waals surface area contributed by atoms with Crippen LogP contribution in [0.15, 0.2) is 77.7 Å². The molecular weight excluding hydrogens is 1010 g/mol. The summed E-state index contributed by atoms with van der Waals surface area (Å²) in [6, 6.07) is 18.4. The zero-order valence-electron chi connectivity index (χ0n) is 37.3. The summed E-state index contributed by atoms with van der Waals surface area (Å²) in [5, 5.41) is 49.6. The van der Waals surface area contributed by atoms with E-state index in [-0.39, 0.29) is 39.3 Å². The number of hydrogen-bond donors (Lipinski definition) is 6. The van der Waals surface area contributed by atoms with Crippen molar-refractivity contribution in [3.05, 3.63) is 117 Å². The number of aliphatic hydroxyl groups excluding tert-OH is 2. The van der Waals surface area contributed by atoms with Gasteiger partial charge >= 0.3 is 0 Å². The lowest BCUT2D eigenvalue weighted by atomic mass is 9.88. The van der Waals surface area contributed by atoms with Crippen LogP contribution in [0.25, 0.3) is 11.1 Å². The van der Waals surface area contributed by atoms with Crippen LogP contribution in [0.5, 0.6) is 17.2 Å². The summed E-state index contributed by atoms with van der Waals surface area (Å²) in [6.45, 7) is 1.66. The molecule has 1 amide bonds. The number of nitrogens with one attached hydrogen (secondary N) is 1. The number of amides is 1. The monoisotopic (exact) mass is 1060 g/mol. The molecule has 21 nitrogen and oxygen atoms in total. The van der Waals surface area contributed by atoms with Crippen molar-refractivity contribution < 1.29 is 69.4 Å². The van der Waals surface area contributed by atoms with Crippen molar-refractivity contribution in [2.24, 2.45) is 0 Å². The van der Waals surface area contributed by atoms with Crippen molar-refractivity contribution >= 4 is 42.1 Å². The molecule has 0 bridgehead atoms. The van der Waals surface area contributed by atoms with Crippen LogP contribution in [-0.2, 0) is 56.1 Å². The molecule has 0 radical (unpaired) electrons. The summed E-state index contributed by atoms with van der Waals surface area (Å²) >= 11 is 3.58. The molecule has 3 aromatic carbocycles. The van der Waals surface area contributed by atoms with E-state index in [1.807, 2.05) is 50.2 Å². The Morgan fingerprint density at radius 2 is 1.68 bits per heavy atom. The van der Waals surface area contributed by atoms with E-state index >= 15 is 4.39 Å². The van der Waals surface area contributed by atoms with Crippen molar-refractivity contribution in [2.75, 3.05) is 33.4 Å². The number of aliphatic hydroxyl groups is 3. The number of aromatic nitrogens is 4. The number of nitrogens with zero attached hydrogens (tertiary/aromatic N) is 6. The van der Waals surface area contributed by atoms with Crippen molar-refractivity contribution in [1.82, 2.24) is 30.2 Å². The maximum Gasteiger partial charge on any atom is 0.286 e. The number of carbonyl (C=O) groups excluding carboxylic acids is 1. The van der Waals surface area contributed by atoms with Crippen molar-refractivity contribution in [1.29, 1.82) is 5.26 Å². The second-order valence-corrected chi connectivity index (χ2v) is 20.6. The molecule has 4 atom stereocenters. The largest absolute Gasteiger partial charge is 0.488 e. The van der Waals surface area contributed by atoms with Gasteiger partial charge in [0.2, 0.25) is 10.5 Å². The van der Waals surface area contributed by atoms with E-state index in [2.05, 4.69) is 36.5 Å². The first-order valence-electron chi connectivity index (χ1n) is 20.9. The molecule has 370 valence electrons. The highest BCUT2D eigenvalue weighted by atomic mass is 79.9. The van der Waals surface area contributed by atoms with Crippen LogP contribution in [-0.4, -0.2) is 128 Å². The highest BCUT2D eigenvalue weighted by Gasteiger charge is 2.50. The van der Waals surface area contributed by atoms with Crippen LogP contribution in [0.1, 0.15) is 51.7 Å². The van der Waals surface area contributed by atoms with E-state index in [4.69, 9.17) is 18.9 Å². The normalized spacial score (nSPS) is 18.5. The quantitative estimate of drug-likeness (QED) is 0.0574. The predicted molar refractivity (Wildman–Crippen MR) is 246 cm³/mol. The molecule has 2 unspecified atom stereocenters. The fourth-order valence-corrected chi connectivity index (χ4v) is 9.77. The van der Waals surface area contributed by atoms with Crippen LogP contribution in [0, 0.1) is 25.2 Å². The molecule has 2 aromatic heterocycles. The van der Waals surface area contributed by atoms with E-state index in [0.29, 0.717) is 44.1 Å². The molecular formula is C44H49BrFN7O14S2. The lowest BCUT2D eigenvalue weighted by molar-refractivity contribution is -0.242. The third-order valence-electron chi connectivity index (χ3n) is 11.2. The fourth-order valence-electron chi connectivity index (χ4n) is 7.44. The second-order valence-electron chi connectivity index (χ2n) is 16.3. The number of halogens is 2. The van der Waals surface area contributed by atoms with Crippen molar-refractivity contribution in [3.63, 3.8) is 0 Å². The standard InChI is InChI=1S/C44H49BrFN7O14S2/c1-26-30(6-4-7-33(26)34-8-5-9-36(27(34)2)66-24-32-20-53(51-50-32)43-41(46)42(56)44(57,10-11-54)25-67-43)23-65-38-14-37(64-22-29-12-28(15-47)16-48-17-29)31(13-35(38)45)19-52(3)21-39(55)49-18-40(68(58,59)60)69(61,62)63/h4-9,12-14,16-17,20,40-43,54,56-57H,10-11,18-19,21-25H2,1-3H3,(H,49,55)(H,58,59,60)(H,61,62,63)/t41?,42?,43-,44-/m1/s1. The SMILES string of the molecule is Cc1c(COc2cc(OCc3cncc(C#N)c3)c(CN(C)CC(=O)NCC(S(=O)(=O)O)S(=O)(=O)O)cc2Br)cccc1-c1cccc(OCc2cn([C@@H]3OC[C@](O)(CCO)C(O)C3F)nn2)c1C. The van der Waals surface area contributed by atoms with Crippen LogP contribution in [0.2, 0.25) is 0 Å². The van der Waals surface area contributed by atoms with Crippen LogP contribution >= 0.6 is 15.9 Å². The summed E-state index contributed by atoms with van der Waals surface area (Å²) in [4.78, 5) is 18.3. The molecule has 25 heteroatoms. The first kappa shape index (κ1) is 52.7. The molecule has 6 rings (SSSR count). The van der Waals surface area contributed by atoms with Gasteiger partial charge in [0.25, 0.3) is 20.2 Å². The number of benzene rings is 3. The molecule has 0 saturated carbocycles. The minimum atomic E-state index is -5.26. The zero-order valence-corrected chi connectivity index (χ0v) is 40.5. The number of nitriles is 1. The smallest absolute Gasteiger partial charge is 0.286 e. The van der Waals surface area contributed by atoms with E-state index in [1.165, 1.54) is 17.3 Å². The van der Waals surface area contributed by atoms with Crippen LogP contribution in [0.4, 0.5) is 4.39 Å². The molecule has 5 aromatic rings. The van der Waals surface area contributed by atoms with E-state index in [1.54, 1.807) is 37.5 Å². The van der Waals surface area contributed by atoms with Gasteiger partial charge in [0.15, 0.2) is 12.4 Å². The number of alkyl halides is 1. The molecule has 69 heavy (non-hydrogen) atoms. The minimum Gasteiger partial charge on any atom is -0.488 e. The Balaban J connectivity index is 1.15. The van der Waals surface area contributed by atoms with Gasteiger partial charge in [0.1, 0.15) is 60.5 Å². The highest BCUT2D eigenvalue weighted by Crippen LogP contribution is 2.38. The average molecular weight is 1060 g/mol. The van der Waals surface area contributed by atoms with E-state index in [0.717, 1.165) is 32.5 Å². The topological polar surface area (TPSA) is 306 Å². The maximum absolute atomic E-state index is 15.2. The molecule has 6 N–H and O–H groups in total. The molecule has 0 spiro atoms. The number of pyridine rings is 1. The molecule has 3 heterocycles. The van der Waals surface area contributed by atoms with Crippen molar-refractivity contribution in [2.45, 2.75) is 75.3 Å². The molecule has 1 saturated heterocycles. The van der Waals surface area contributed by atoms with Crippen molar-refractivity contribution in [3.8, 4) is 34.4 Å². The lowest BCUT2D eigenvalue weighted by Gasteiger charge is -2.41. The Bertz CT molecular complexity index is 2890. The van der Waals surface area contributed by atoms with Crippen LogP contribution < -0.4 is 19.5 Å². The number of rotatable bonds is 21. The molecule has 0 aliphatic carbocycles. The van der Waals surface area contributed by atoms with Gasteiger partial charge in [-0.2, -0.15) is 22.1 Å². The van der Waals surface area contributed by atoms with Gasteiger partial charge in [-0.1, -0.05) is 35.5 Å². The number of ether oxygens (including phenoxy) is 4. The Morgan fingerprint density at radius 1 is 1.00 bits per heavy atom.